The van der Waals surface area contributed by atoms with Gasteiger partial charge in [0.25, 0.3) is 5.91 Å². The number of hydrogen-bond acceptors (Lipinski definition) is 2. The summed E-state index contributed by atoms with van der Waals surface area (Å²) >= 11 is 1.44. The van der Waals surface area contributed by atoms with Gasteiger partial charge in [-0.1, -0.05) is 60.3 Å². The van der Waals surface area contributed by atoms with Crippen LogP contribution >= 0.6 is 11.8 Å². The first kappa shape index (κ1) is 13.8. The van der Waals surface area contributed by atoms with Crippen LogP contribution in [-0.2, 0) is 4.79 Å². The molecule has 21 heavy (non-hydrogen) atoms. The average Bonchev–Trinajstić information content (AvgIpc) is 2.85. The van der Waals surface area contributed by atoms with Gasteiger partial charge >= 0.3 is 0 Å². The summed E-state index contributed by atoms with van der Waals surface area (Å²) in [4.78, 5) is 16.9. The van der Waals surface area contributed by atoms with Gasteiger partial charge in [-0.3, -0.25) is 4.79 Å². The van der Waals surface area contributed by atoms with Gasteiger partial charge < -0.3 is 0 Å². The van der Waals surface area contributed by atoms with E-state index in [1.165, 1.54) is 22.9 Å². The molecule has 0 aromatic heterocycles. The second-order valence-electron chi connectivity index (χ2n) is 5.04. The predicted octanol–water partition coefficient (Wildman–Crippen LogP) is 4.36. The van der Waals surface area contributed by atoms with Crippen LogP contribution in [0.25, 0.3) is 6.08 Å². The van der Waals surface area contributed by atoms with Crippen LogP contribution in [0.4, 0.5) is 0 Å². The molecule has 104 valence electrons. The number of nitrogens with zero attached hydrogens (tertiary/aromatic N) is 1. The third-order valence-electron chi connectivity index (χ3n) is 3.47. The Kier molecular flexibility index (Phi) is 3.76. The monoisotopic (exact) mass is 293 g/mol. The molecule has 2 aromatic rings. The highest BCUT2D eigenvalue weighted by atomic mass is 32.2. The Hall–Kier alpha value is -2.13. The molecule has 0 atom stereocenters. The summed E-state index contributed by atoms with van der Waals surface area (Å²) < 4.78 is 0. The number of hydrogen-bond donors (Lipinski definition) is 0. The molecule has 0 bridgehead atoms. The second-order valence-corrected chi connectivity index (χ2v) is 6.07. The zero-order chi connectivity index (χ0) is 14.8. The summed E-state index contributed by atoms with van der Waals surface area (Å²) in [7, 11) is 0. The number of aliphatic imine (C=N–C) groups is 1. The quantitative estimate of drug-likeness (QED) is 0.770. The lowest BCUT2D eigenvalue weighted by Crippen LogP contribution is -1.89. The summed E-state index contributed by atoms with van der Waals surface area (Å²) in [6.07, 6.45) is 1.92. The molecule has 1 aliphatic rings. The van der Waals surface area contributed by atoms with Crippen molar-refractivity contribution in [3.05, 3.63) is 75.7 Å². The summed E-state index contributed by atoms with van der Waals surface area (Å²) in [5.41, 5.74) is 4.51. The van der Waals surface area contributed by atoms with E-state index in [4.69, 9.17) is 0 Å². The Morgan fingerprint density at radius 3 is 2.48 bits per heavy atom. The number of amides is 1. The zero-order valence-electron chi connectivity index (χ0n) is 12.0. The molecule has 0 N–H and O–H groups in total. The van der Waals surface area contributed by atoms with Crippen molar-refractivity contribution in [2.45, 2.75) is 13.8 Å². The topological polar surface area (TPSA) is 29.4 Å². The van der Waals surface area contributed by atoms with E-state index in [0.717, 1.165) is 16.2 Å². The SMILES string of the molecule is Cc1ccc(/C=C2/SC(c3ccccc3)=NC2=O)cc1C. The Morgan fingerprint density at radius 1 is 1.00 bits per heavy atom. The Morgan fingerprint density at radius 2 is 1.76 bits per heavy atom. The van der Waals surface area contributed by atoms with E-state index in [-0.39, 0.29) is 5.91 Å². The number of thioether (sulfide) groups is 1. The van der Waals surface area contributed by atoms with Crippen molar-refractivity contribution in [1.82, 2.24) is 0 Å². The fourth-order valence-electron chi connectivity index (χ4n) is 2.12. The van der Waals surface area contributed by atoms with E-state index in [9.17, 15) is 4.79 Å². The maximum Gasteiger partial charge on any atom is 0.284 e. The molecule has 0 spiro atoms. The molecule has 3 rings (SSSR count). The molecule has 1 amide bonds. The van der Waals surface area contributed by atoms with E-state index in [2.05, 4.69) is 31.0 Å². The molecular formula is C18H15NOS. The Labute approximate surface area is 128 Å². The summed E-state index contributed by atoms with van der Waals surface area (Å²) in [5.74, 6) is -0.155. The molecule has 0 saturated heterocycles. The van der Waals surface area contributed by atoms with Crippen LogP contribution in [0.15, 0.2) is 58.4 Å². The van der Waals surface area contributed by atoms with Gasteiger partial charge in [-0.25, -0.2) is 4.99 Å². The van der Waals surface area contributed by atoms with Crippen LogP contribution < -0.4 is 0 Å². The van der Waals surface area contributed by atoms with Crippen molar-refractivity contribution in [1.29, 1.82) is 0 Å². The van der Waals surface area contributed by atoms with Gasteiger partial charge in [0.1, 0.15) is 5.04 Å². The molecule has 0 saturated carbocycles. The van der Waals surface area contributed by atoms with Crippen molar-refractivity contribution in [2.75, 3.05) is 0 Å². The second kappa shape index (κ2) is 5.70. The maximum atomic E-state index is 12.0. The average molecular weight is 293 g/mol. The van der Waals surface area contributed by atoms with Crippen molar-refractivity contribution in [2.24, 2.45) is 4.99 Å². The molecule has 0 aliphatic carbocycles. The lowest BCUT2D eigenvalue weighted by molar-refractivity contribution is -0.113. The summed E-state index contributed by atoms with van der Waals surface area (Å²) in [5, 5.41) is 0.774. The van der Waals surface area contributed by atoms with Crippen LogP contribution in [0.3, 0.4) is 0 Å². The number of carbonyl (C=O) groups excluding carboxylic acids is 1. The summed E-state index contributed by atoms with van der Waals surface area (Å²) in [6, 6.07) is 16.0. The van der Waals surface area contributed by atoms with Crippen LogP contribution in [0, 0.1) is 13.8 Å². The number of aryl methyl sites for hydroxylation is 2. The van der Waals surface area contributed by atoms with Gasteiger partial charge in [-0.2, -0.15) is 0 Å². The largest absolute Gasteiger partial charge is 0.284 e. The highest BCUT2D eigenvalue weighted by molar-refractivity contribution is 8.19. The minimum Gasteiger partial charge on any atom is -0.266 e. The highest BCUT2D eigenvalue weighted by Crippen LogP contribution is 2.31. The molecule has 2 aromatic carbocycles. The highest BCUT2D eigenvalue weighted by Gasteiger charge is 2.22. The van der Waals surface area contributed by atoms with Crippen molar-refractivity contribution < 1.29 is 4.79 Å². The minimum atomic E-state index is -0.155. The fourth-order valence-corrected chi connectivity index (χ4v) is 3.04. The number of rotatable bonds is 2. The van der Waals surface area contributed by atoms with E-state index >= 15 is 0 Å². The number of benzene rings is 2. The first-order chi connectivity index (χ1) is 10.1. The Balaban J connectivity index is 1.87. The van der Waals surface area contributed by atoms with Crippen molar-refractivity contribution in [3.8, 4) is 0 Å². The third kappa shape index (κ3) is 2.98. The summed E-state index contributed by atoms with van der Waals surface area (Å²) in [6.45, 7) is 4.16. The molecule has 0 unspecified atom stereocenters. The zero-order valence-corrected chi connectivity index (χ0v) is 12.8. The van der Waals surface area contributed by atoms with Gasteiger partial charge in [0.05, 0.1) is 4.91 Å². The van der Waals surface area contributed by atoms with Crippen LogP contribution in [0.5, 0.6) is 0 Å². The molecule has 0 radical (unpaired) electrons. The van der Waals surface area contributed by atoms with E-state index in [1.54, 1.807) is 0 Å². The molecule has 2 nitrogen and oxygen atoms in total. The first-order valence-corrected chi connectivity index (χ1v) is 7.60. The molecule has 3 heteroatoms. The molecular weight excluding hydrogens is 278 g/mol. The molecule has 0 fully saturated rings. The first-order valence-electron chi connectivity index (χ1n) is 6.79. The standard InChI is InChI=1S/C18H15NOS/c1-12-8-9-14(10-13(12)2)11-16-17(20)19-18(21-16)15-6-4-3-5-7-15/h3-11H,1-2H3/b16-11+. The van der Waals surface area contributed by atoms with Crippen LogP contribution in [0.2, 0.25) is 0 Å². The van der Waals surface area contributed by atoms with Gasteiger partial charge in [0.15, 0.2) is 0 Å². The van der Waals surface area contributed by atoms with E-state index in [1.807, 2.05) is 42.5 Å². The van der Waals surface area contributed by atoms with Gasteiger partial charge in [0.2, 0.25) is 0 Å². The Bertz CT molecular complexity index is 760. The lowest BCUT2D eigenvalue weighted by Gasteiger charge is -2.02. The fraction of sp³-hybridized carbons (Fsp3) is 0.111. The smallest absolute Gasteiger partial charge is 0.266 e. The number of carbonyl (C=O) groups is 1. The minimum absolute atomic E-state index is 0.155. The normalized spacial score (nSPS) is 16.4. The predicted molar refractivity (Wildman–Crippen MR) is 89.5 cm³/mol. The third-order valence-corrected chi connectivity index (χ3v) is 4.50. The van der Waals surface area contributed by atoms with Crippen LogP contribution in [0.1, 0.15) is 22.3 Å². The maximum absolute atomic E-state index is 12.0. The molecule has 1 aliphatic heterocycles. The van der Waals surface area contributed by atoms with Crippen molar-refractivity contribution >= 4 is 28.8 Å². The van der Waals surface area contributed by atoms with Gasteiger partial charge in [0, 0.05) is 5.56 Å². The van der Waals surface area contributed by atoms with E-state index in [0.29, 0.717) is 4.91 Å². The van der Waals surface area contributed by atoms with Crippen LogP contribution in [-0.4, -0.2) is 11.0 Å². The molecule has 1 heterocycles. The lowest BCUT2D eigenvalue weighted by atomic mass is 10.1. The van der Waals surface area contributed by atoms with Crippen molar-refractivity contribution in [3.63, 3.8) is 0 Å². The van der Waals surface area contributed by atoms with Gasteiger partial charge in [-0.05, 0) is 36.6 Å². The van der Waals surface area contributed by atoms with E-state index < -0.39 is 0 Å². The van der Waals surface area contributed by atoms with Gasteiger partial charge in [-0.15, -0.1) is 0 Å².